The molecule has 0 saturated carbocycles. The molecule has 1 amide bonds. The summed E-state index contributed by atoms with van der Waals surface area (Å²) < 4.78 is 5.67. The van der Waals surface area contributed by atoms with Crippen molar-refractivity contribution in [3.05, 3.63) is 84.1 Å². The van der Waals surface area contributed by atoms with E-state index in [0.29, 0.717) is 5.56 Å². The van der Waals surface area contributed by atoms with Gasteiger partial charge in [0.05, 0.1) is 0 Å². The fourth-order valence-corrected chi connectivity index (χ4v) is 3.98. The van der Waals surface area contributed by atoms with Gasteiger partial charge in [0.1, 0.15) is 6.04 Å². The zero-order valence-electron chi connectivity index (χ0n) is 17.4. The number of carbonyl (C=O) groups is 2. The number of benzene rings is 3. The van der Waals surface area contributed by atoms with Gasteiger partial charge >= 0.3 is 5.97 Å². The van der Waals surface area contributed by atoms with Crippen LogP contribution < -0.4 is 5.32 Å². The lowest BCUT2D eigenvalue weighted by atomic mass is 9.89. The van der Waals surface area contributed by atoms with E-state index in [0.717, 1.165) is 27.2 Å². The number of carboxylic acids is 1. The monoisotopic (exact) mass is 416 g/mol. The smallest absolute Gasteiger partial charge is 0.326 e. The molecule has 0 saturated heterocycles. The summed E-state index contributed by atoms with van der Waals surface area (Å²) in [5.41, 5.74) is 1.08. The summed E-state index contributed by atoms with van der Waals surface area (Å²) >= 11 is 0. The van der Waals surface area contributed by atoms with E-state index in [-0.39, 0.29) is 6.42 Å². The Bertz CT molecular complexity index is 1260. The predicted molar refractivity (Wildman–Crippen MR) is 120 cm³/mol. The number of carbonyl (C=O) groups excluding carboxylic acids is 1. The second-order valence-electron chi connectivity index (χ2n) is 7.69. The molecule has 0 fully saturated rings. The molecule has 3 N–H and O–H groups in total. The van der Waals surface area contributed by atoms with E-state index in [4.69, 9.17) is 4.74 Å². The number of fused-ring (bicyclic) bond motifs is 2. The number of para-hydroxylation sites is 1. The van der Waals surface area contributed by atoms with Crippen LogP contribution in [0, 0.1) is 0 Å². The number of hydrogen-bond donors (Lipinski definition) is 3. The average Bonchev–Trinajstić information content (AvgIpc) is 3.20. The Labute approximate surface area is 179 Å². The Morgan fingerprint density at radius 2 is 1.71 bits per heavy atom. The number of nitrogens with one attached hydrogen (secondary N) is 2. The molecule has 6 heteroatoms. The van der Waals surface area contributed by atoms with Gasteiger partial charge in [-0.1, -0.05) is 60.7 Å². The summed E-state index contributed by atoms with van der Waals surface area (Å²) in [4.78, 5) is 28.5. The molecule has 158 valence electrons. The highest BCUT2D eigenvalue weighted by Crippen LogP contribution is 2.32. The van der Waals surface area contributed by atoms with Crippen molar-refractivity contribution >= 4 is 33.6 Å². The number of ether oxygens (including phenoxy) is 1. The molecule has 4 rings (SSSR count). The molecule has 3 aromatic carbocycles. The first kappa shape index (κ1) is 20.6. The molecule has 31 heavy (non-hydrogen) atoms. The largest absolute Gasteiger partial charge is 0.480 e. The maximum absolute atomic E-state index is 13.3. The summed E-state index contributed by atoms with van der Waals surface area (Å²) in [5.74, 6) is -1.60. The van der Waals surface area contributed by atoms with Crippen LogP contribution in [0.3, 0.4) is 0 Å². The first-order valence-corrected chi connectivity index (χ1v) is 10.1. The molecule has 1 aromatic heterocycles. The summed E-state index contributed by atoms with van der Waals surface area (Å²) in [6, 6.07) is 19.9. The lowest BCUT2D eigenvalue weighted by Gasteiger charge is -2.30. The van der Waals surface area contributed by atoms with E-state index in [2.05, 4.69) is 10.3 Å². The predicted octanol–water partition coefficient (Wildman–Crippen LogP) is 3.99. The van der Waals surface area contributed by atoms with Gasteiger partial charge in [0.15, 0.2) is 5.60 Å². The third-order valence-corrected chi connectivity index (χ3v) is 5.85. The highest BCUT2D eigenvalue weighted by Gasteiger charge is 2.38. The van der Waals surface area contributed by atoms with E-state index in [1.807, 2.05) is 66.7 Å². The van der Waals surface area contributed by atoms with Crippen LogP contribution >= 0.6 is 0 Å². The van der Waals surface area contributed by atoms with Gasteiger partial charge in [0, 0.05) is 36.2 Å². The quantitative estimate of drug-likeness (QED) is 0.425. The standard InChI is InChI=1S/C25H24N2O4/c1-25(31-2,20-12-7-9-16-8-3-4-10-18(16)20)24(30)27-22(23(28)29)14-17-15-26-21-13-6-5-11-19(17)21/h3-13,15,22,26H,14H2,1-2H3,(H,27,30)(H,28,29)/t22-,25?/m1/s1. The van der Waals surface area contributed by atoms with Gasteiger partial charge in [-0.3, -0.25) is 4.79 Å². The summed E-state index contributed by atoms with van der Waals surface area (Å²) in [6.07, 6.45) is 1.94. The summed E-state index contributed by atoms with van der Waals surface area (Å²) in [6.45, 7) is 1.66. The Morgan fingerprint density at radius 1 is 1.03 bits per heavy atom. The lowest BCUT2D eigenvalue weighted by molar-refractivity contribution is -0.149. The van der Waals surface area contributed by atoms with Crippen LogP contribution in [0.2, 0.25) is 0 Å². The minimum absolute atomic E-state index is 0.153. The highest BCUT2D eigenvalue weighted by molar-refractivity contribution is 5.96. The molecule has 0 aliphatic heterocycles. The lowest BCUT2D eigenvalue weighted by Crippen LogP contribution is -2.51. The van der Waals surface area contributed by atoms with Gasteiger partial charge in [-0.2, -0.15) is 0 Å². The molecular formula is C25H24N2O4. The molecular weight excluding hydrogens is 392 g/mol. The van der Waals surface area contributed by atoms with E-state index in [9.17, 15) is 14.7 Å². The number of aromatic nitrogens is 1. The first-order chi connectivity index (χ1) is 14.9. The molecule has 0 radical (unpaired) electrons. The van der Waals surface area contributed by atoms with Gasteiger partial charge in [0.25, 0.3) is 5.91 Å². The number of methoxy groups -OCH3 is 1. The average molecular weight is 416 g/mol. The van der Waals surface area contributed by atoms with Crippen LogP contribution in [0.25, 0.3) is 21.7 Å². The van der Waals surface area contributed by atoms with Crippen molar-refractivity contribution in [1.29, 1.82) is 0 Å². The molecule has 1 heterocycles. The maximum Gasteiger partial charge on any atom is 0.326 e. The number of carboxylic acid groups (broad SMARTS) is 1. The summed E-state index contributed by atoms with van der Waals surface area (Å²) in [5, 5.41) is 15.3. The van der Waals surface area contributed by atoms with E-state index in [1.54, 1.807) is 13.1 Å². The number of aliphatic carboxylic acids is 1. The van der Waals surface area contributed by atoms with Crippen LogP contribution in [0.15, 0.2) is 72.9 Å². The van der Waals surface area contributed by atoms with Crippen molar-refractivity contribution in [2.45, 2.75) is 25.0 Å². The minimum atomic E-state index is -1.35. The zero-order chi connectivity index (χ0) is 22.0. The van der Waals surface area contributed by atoms with Crippen molar-refractivity contribution in [2.75, 3.05) is 7.11 Å². The fourth-order valence-electron chi connectivity index (χ4n) is 3.98. The van der Waals surface area contributed by atoms with Crippen molar-refractivity contribution in [1.82, 2.24) is 10.3 Å². The summed E-state index contributed by atoms with van der Waals surface area (Å²) in [7, 11) is 1.46. The van der Waals surface area contributed by atoms with Gasteiger partial charge in [-0.25, -0.2) is 4.79 Å². The van der Waals surface area contributed by atoms with Crippen molar-refractivity contribution < 1.29 is 19.4 Å². The topological polar surface area (TPSA) is 91.4 Å². The van der Waals surface area contributed by atoms with E-state index >= 15 is 0 Å². The number of H-pyrrole nitrogens is 1. The molecule has 0 bridgehead atoms. The number of aromatic amines is 1. The maximum atomic E-state index is 13.3. The van der Waals surface area contributed by atoms with E-state index < -0.39 is 23.5 Å². The van der Waals surface area contributed by atoms with Crippen molar-refractivity contribution in [3.8, 4) is 0 Å². The first-order valence-electron chi connectivity index (χ1n) is 10.1. The van der Waals surface area contributed by atoms with Crippen molar-refractivity contribution in [2.24, 2.45) is 0 Å². The third-order valence-electron chi connectivity index (χ3n) is 5.85. The molecule has 0 aliphatic rings. The van der Waals surface area contributed by atoms with Crippen LogP contribution in [-0.2, 0) is 26.3 Å². The molecule has 0 spiro atoms. The second-order valence-corrected chi connectivity index (χ2v) is 7.69. The zero-order valence-corrected chi connectivity index (χ0v) is 17.4. The number of rotatable bonds is 7. The molecule has 2 atom stereocenters. The van der Waals surface area contributed by atoms with Gasteiger partial charge < -0.3 is 20.1 Å². The van der Waals surface area contributed by atoms with Gasteiger partial charge in [-0.15, -0.1) is 0 Å². The SMILES string of the molecule is COC(C)(C(=O)N[C@H](Cc1c[nH]c2ccccc12)C(=O)O)c1cccc2ccccc12. The minimum Gasteiger partial charge on any atom is -0.480 e. The third kappa shape index (κ3) is 3.78. The fraction of sp³-hybridized carbons (Fsp3) is 0.200. The van der Waals surface area contributed by atoms with Crippen LogP contribution in [0.5, 0.6) is 0 Å². The Kier molecular flexibility index (Phi) is 5.48. The molecule has 6 nitrogen and oxygen atoms in total. The van der Waals surface area contributed by atoms with Crippen LogP contribution in [-0.4, -0.2) is 35.1 Å². The molecule has 1 unspecified atom stereocenters. The Balaban J connectivity index is 1.65. The molecule has 4 aromatic rings. The Morgan fingerprint density at radius 3 is 2.45 bits per heavy atom. The Hall–Kier alpha value is -3.64. The van der Waals surface area contributed by atoms with Crippen molar-refractivity contribution in [3.63, 3.8) is 0 Å². The van der Waals surface area contributed by atoms with Crippen LogP contribution in [0.1, 0.15) is 18.1 Å². The van der Waals surface area contributed by atoms with Gasteiger partial charge in [-0.05, 0) is 29.3 Å². The number of hydrogen-bond acceptors (Lipinski definition) is 3. The van der Waals surface area contributed by atoms with Gasteiger partial charge in [0.2, 0.25) is 0 Å². The van der Waals surface area contributed by atoms with Crippen LogP contribution in [0.4, 0.5) is 0 Å². The molecule has 0 aliphatic carbocycles. The highest BCUT2D eigenvalue weighted by atomic mass is 16.5. The second kappa shape index (κ2) is 8.24. The van der Waals surface area contributed by atoms with E-state index in [1.165, 1.54) is 7.11 Å². The normalized spacial score (nSPS) is 14.3. The number of amides is 1.